The van der Waals surface area contributed by atoms with Crippen LogP contribution >= 0.6 is 11.3 Å². The van der Waals surface area contributed by atoms with Gasteiger partial charge in [-0.3, -0.25) is 0 Å². The molecule has 1 aliphatic rings. The van der Waals surface area contributed by atoms with Gasteiger partial charge in [-0.1, -0.05) is 39.0 Å². The molecule has 1 aliphatic carbocycles. The van der Waals surface area contributed by atoms with Crippen molar-refractivity contribution in [3.63, 3.8) is 0 Å². The molecular formula is C15H26N2S. The van der Waals surface area contributed by atoms with Crippen molar-refractivity contribution in [1.82, 2.24) is 10.3 Å². The predicted molar refractivity (Wildman–Crippen MR) is 79.1 cm³/mol. The zero-order valence-electron chi connectivity index (χ0n) is 11.7. The summed E-state index contributed by atoms with van der Waals surface area (Å²) in [5.41, 5.74) is 0. The van der Waals surface area contributed by atoms with Crippen molar-refractivity contribution in [3.05, 3.63) is 16.1 Å². The van der Waals surface area contributed by atoms with Gasteiger partial charge in [-0.15, -0.1) is 11.3 Å². The van der Waals surface area contributed by atoms with E-state index in [0.717, 1.165) is 6.42 Å². The molecule has 0 aromatic carbocycles. The van der Waals surface area contributed by atoms with Gasteiger partial charge in [-0.2, -0.15) is 0 Å². The zero-order chi connectivity index (χ0) is 12.8. The molecule has 18 heavy (non-hydrogen) atoms. The Hall–Kier alpha value is -0.410. The van der Waals surface area contributed by atoms with Gasteiger partial charge in [0.25, 0.3) is 0 Å². The molecule has 1 unspecified atom stereocenters. The maximum absolute atomic E-state index is 4.55. The fourth-order valence-electron chi connectivity index (χ4n) is 2.73. The highest BCUT2D eigenvalue weighted by atomic mass is 32.1. The number of rotatable bonds is 4. The summed E-state index contributed by atoms with van der Waals surface area (Å²) in [6.45, 7) is 4.46. The van der Waals surface area contributed by atoms with Crippen molar-refractivity contribution in [2.24, 2.45) is 0 Å². The largest absolute Gasteiger partial charge is 0.305 e. The Morgan fingerprint density at radius 3 is 2.56 bits per heavy atom. The smallest absolute Gasteiger partial charge is 0.109 e. The molecule has 1 aromatic heterocycles. The zero-order valence-corrected chi connectivity index (χ0v) is 12.6. The van der Waals surface area contributed by atoms with Crippen LogP contribution in [0.25, 0.3) is 0 Å². The molecule has 0 saturated heterocycles. The fraction of sp³-hybridized carbons (Fsp3) is 0.800. The number of hydrogen-bond acceptors (Lipinski definition) is 3. The molecule has 0 bridgehead atoms. The molecule has 2 nitrogen and oxygen atoms in total. The predicted octanol–water partition coefficient (Wildman–Crippen LogP) is 4.47. The van der Waals surface area contributed by atoms with Gasteiger partial charge < -0.3 is 5.32 Å². The summed E-state index contributed by atoms with van der Waals surface area (Å²) in [4.78, 5) is 5.95. The van der Waals surface area contributed by atoms with Crippen LogP contribution in [0.4, 0.5) is 0 Å². The second-order valence-corrected chi connectivity index (χ2v) is 6.60. The summed E-state index contributed by atoms with van der Waals surface area (Å²) < 4.78 is 0. The Labute approximate surface area is 115 Å². The number of nitrogens with zero attached hydrogens (tertiary/aromatic N) is 1. The third-order valence-electron chi connectivity index (χ3n) is 3.88. The van der Waals surface area contributed by atoms with E-state index in [0.29, 0.717) is 12.1 Å². The van der Waals surface area contributed by atoms with Crippen molar-refractivity contribution in [2.45, 2.75) is 77.3 Å². The van der Waals surface area contributed by atoms with E-state index in [4.69, 9.17) is 0 Å². The maximum Gasteiger partial charge on any atom is 0.109 e. The Kier molecular flexibility index (Phi) is 5.64. The monoisotopic (exact) mass is 266 g/mol. The van der Waals surface area contributed by atoms with Crippen LogP contribution in [0.1, 0.15) is 74.7 Å². The third-order valence-corrected chi connectivity index (χ3v) is 5.21. The first kappa shape index (κ1) is 14.0. The quantitative estimate of drug-likeness (QED) is 0.869. The van der Waals surface area contributed by atoms with Crippen LogP contribution in [0.5, 0.6) is 0 Å². The maximum atomic E-state index is 4.55. The van der Waals surface area contributed by atoms with E-state index >= 15 is 0 Å². The van der Waals surface area contributed by atoms with Crippen LogP contribution < -0.4 is 5.32 Å². The van der Waals surface area contributed by atoms with E-state index in [2.05, 4.69) is 24.1 Å². The molecule has 2 rings (SSSR count). The summed E-state index contributed by atoms with van der Waals surface area (Å²) in [5.74, 6) is 0. The molecule has 1 N–H and O–H groups in total. The van der Waals surface area contributed by atoms with E-state index in [1.807, 2.05) is 17.5 Å². The Morgan fingerprint density at radius 1 is 1.28 bits per heavy atom. The van der Waals surface area contributed by atoms with Gasteiger partial charge in [0.1, 0.15) is 5.01 Å². The van der Waals surface area contributed by atoms with Crippen LogP contribution in [0.3, 0.4) is 0 Å². The average molecular weight is 266 g/mol. The van der Waals surface area contributed by atoms with E-state index in [1.165, 1.54) is 54.8 Å². The molecule has 0 amide bonds. The molecule has 3 heteroatoms. The van der Waals surface area contributed by atoms with Gasteiger partial charge >= 0.3 is 0 Å². The molecule has 0 radical (unpaired) electrons. The second kappa shape index (κ2) is 7.25. The van der Waals surface area contributed by atoms with Crippen LogP contribution in [-0.2, 0) is 6.42 Å². The Bertz CT molecular complexity index is 340. The van der Waals surface area contributed by atoms with Gasteiger partial charge in [-0.25, -0.2) is 4.98 Å². The van der Waals surface area contributed by atoms with Crippen molar-refractivity contribution >= 4 is 11.3 Å². The average Bonchev–Trinajstić information content (AvgIpc) is 2.81. The molecular weight excluding hydrogens is 240 g/mol. The lowest BCUT2D eigenvalue weighted by molar-refractivity contribution is 0.362. The lowest BCUT2D eigenvalue weighted by Crippen LogP contribution is -2.32. The first-order chi connectivity index (χ1) is 8.79. The fourth-order valence-corrected chi connectivity index (χ4v) is 3.60. The van der Waals surface area contributed by atoms with Gasteiger partial charge in [0.2, 0.25) is 0 Å². The molecule has 0 aliphatic heterocycles. The van der Waals surface area contributed by atoms with Crippen molar-refractivity contribution in [3.8, 4) is 0 Å². The van der Waals surface area contributed by atoms with Crippen LogP contribution in [0.2, 0.25) is 0 Å². The Morgan fingerprint density at radius 2 is 1.94 bits per heavy atom. The summed E-state index contributed by atoms with van der Waals surface area (Å²) in [6, 6.07) is 1.12. The van der Waals surface area contributed by atoms with Gasteiger partial charge in [0, 0.05) is 17.1 Å². The van der Waals surface area contributed by atoms with Crippen LogP contribution in [0.15, 0.2) is 6.20 Å². The van der Waals surface area contributed by atoms with Crippen molar-refractivity contribution in [2.75, 3.05) is 0 Å². The highest BCUT2D eigenvalue weighted by Gasteiger charge is 2.16. The summed E-state index contributed by atoms with van der Waals surface area (Å²) in [5, 5.41) is 5.05. The van der Waals surface area contributed by atoms with E-state index in [-0.39, 0.29) is 0 Å². The summed E-state index contributed by atoms with van der Waals surface area (Å²) in [7, 11) is 0. The van der Waals surface area contributed by atoms with E-state index in [1.54, 1.807) is 0 Å². The first-order valence-corrected chi connectivity index (χ1v) is 8.32. The minimum Gasteiger partial charge on any atom is -0.305 e. The summed E-state index contributed by atoms with van der Waals surface area (Å²) >= 11 is 1.87. The van der Waals surface area contributed by atoms with Gasteiger partial charge in [0.15, 0.2) is 0 Å². The highest BCUT2D eigenvalue weighted by Crippen LogP contribution is 2.23. The number of aromatic nitrogens is 1. The molecule has 0 spiro atoms. The number of hydrogen-bond donors (Lipinski definition) is 1. The molecule has 1 fully saturated rings. The molecule has 1 heterocycles. The molecule has 1 saturated carbocycles. The van der Waals surface area contributed by atoms with Crippen molar-refractivity contribution in [1.29, 1.82) is 0 Å². The summed E-state index contributed by atoms with van der Waals surface area (Å²) in [6.07, 6.45) is 12.9. The first-order valence-electron chi connectivity index (χ1n) is 7.50. The normalized spacial score (nSPS) is 20.3. The van der Waals surface area contributed by atoms with E-state index < -0.39 is 0 Å². The minimum absolute atomic E-state index is 0.416. The number of thiazole rings is 1. The minimum atomic E-state index is 0.416. The molecule has 1 atom stereocenters. The lowest BCUT2D eigenvalue weighted by Gasteiger charge is -2.24. The van der Waals surface area contributed by atoms with E-state index in [9.17, 15) is 0 Å². The van der Waals surface area contributed by atoms with Crippen LogP contribution in [-0.4, -0.2) is 11.0 Å². The molecule has 102 valence electrons. The third kappa shape index (κ3) is 4.06. The Balaban J connectivity index is 1.86. The lowest BCUT2D eigenvalue weighted by atomic mass is 9.96. The standard InChI is InChI=1S/C15H26N2S/c1-3-14-11-16-15(18-14)12(2)17-13-9-7-5-4-6-8-10-13/h11-13,17H,3-10H2,1-2H3. The number of aryl methyl sites for hydroxylation is 1. The van der Waals surface area contributed by atoms with Gasteiger partial charge in [0.05, 0.1) is 6.04 Å². The van der Waals surface area contributed by atoms with Crippen LogP contribution in [0, 0.1) is 0 Å². The molecule has 1 aromatic rings. The SMILES string of the molecule is CCc1cnc(C(C)NC2CCCCCCC2)s1. The van der Waals surface area contributed by atoms with Gasteiger partial charge in [-0.05, 0) is 26.2 Å². The number of nitrogens with one attached hydrogen (secondary N) is 1. The van der Waals surface area contributed by atoms with Crippen molar-refractivity contribution < 1.29 is 0 Å². The second-order valence-electron chi connectivity index (χ2n) is 5.45. The highest BCUT2D eigenvalue weighted by molar-refractivity contribution is 7.11. The topological polar surface area (TPSA) is 24.9 Å².